The van der Waals surface area contributed by atoms with Gasteiger partial charge in [-0.15, -0.1) is 5.10 Å². The number of fused-ring (bicyclic) bond motifs is 5. The Morgan fingerprint density at radius 2 is 1.76 bits per heavy atom. The van der Waals surface area contributed by atoms with Crippen LogP contribution in [0.1, 0.15) is 19.4 Å². The lowest BCUT2D eigenvalue weighted by molar-refractivity contribution is -0.121. The Labute approximate surface area is 160 Å². The third-order valence-corrected chi connectivity index (χ3v) is 5.12. The molecule has 2 heterocycles. The van der Waals surface area contributed by atoms with Gasteiger partial charge in [0.05, 0.1) is 35.1 Å². The first kappa shape index (κ1) is 16.3. The van der Waals surface area contributed by atoms with E-state index in [1.165, 1.54) is 0 Å². The number of para-hydroxylation sites is 1. The number of nitrogens with zero attached hydrogens (tertiary/aromatic N) is 4. The van der Waals surface area contributed by atoms with Crippen LogP contribution in [0.15, 0.2) is 48.5 Å². The average Bonchev–Trinajstić information content (AvgIpc) is 2.99. The molecule has 126 valence electrons. The summed E-state index contributed by atoms with van der Waals surface area (Å²) in [5.41, 5.74) is 5.75. The van der Waals surface area contributed by atoms with Crippen LogP contribution in [-0.2, 0) is 11.3 Å². The van der Waals surface area contributed by atoms with Crippen molar-refractivity contribution in [3.05, 3.63) is 54.1 Å². The van der Waals surface area contributed by atoms with Crippen LogP contribution in [0.2, 0.25) is 0 Å². The van der Waals surface area contributed by atoms with Gasteiger partial charge in [0, 0.05) is 17.0 Å². The zero-order valence-electron chi connectivity index (χ0n) is 14.0. The van der Waals surface area contributed by atoms with Crippen molar-refractivity contribution in [2.24, 2.45) is 5.92 Å². The first-order chi connectivity index (χ1) is 12.1. The minimum atomic E-state index is -0.0839. The smallest absolute Gasteiger partial charge is 0.229 e. The molecule has 0 saturated carbocycles. The molecule has 0 saturated heterocycles. The predicted octanol–water partition coefficient (Wildman–Crippen LogP) is 4.31. The van der Waals surface area contributed by atoms with Crippen LogP contribution in [-0.4, -0.2) is 19.1 Å². The lowest BCUT2D eigenvalue weighted by Crippen LogP contribution is -2.34. The highest BCUT2D eigenvalue weighted by molar-refractivity contribution is 14.1. The summed E-state index contributed by atoms with van der Waals surface area (Å²) in [7, 11) is 0. The van der Waals surface area contributed by atoms with Gasteiger partial charge < -0.3 is 4.90 Å². The van der Waals surface area contributed by atoms with E-state index in [9.17, 15) is 4.79 Å². The van der Waals surface area contributed by atoms with Gasteiger partial charge >= 0.3 is 0 Å². The van der Waals surface area contributed by atoms with E-state index in [1.54, 1.807) is 2.90 Å². The molecule has 1 aromatic heterocycles. The van der Waals surface area contributed by atoms with E-state index in [2.05, 4.69) is 45.3 Å². The second-order valence-corrected chi connectivity index (χ2v) is 7.31. The van der Waals surface area contributed by atoms with Crippen molar-refractivity contribution in [2.75, 3.05) is 4.90 Å². The molecule has 3 aromatic rings. The molecule has 0 radical (unpaired) electrons. The van der Waals surface area contributed by atoms with Crippen molar-refractivity contribution >= 4 is 34.5 Å². The fourth-order valence-electron chi connectivity index (χ4n) is 3.23. The Bertz CT molecular complexity index is 964. The van der Waals surface area contributed by atoms with Gasteiger partial charge in [0.15, 0.2) is 0 Å². The summed E-state index contributed by atoms with van der Waals surface area (Å²) in [6, 6.07) is 16.1. The summed E-state index contributed by atoms with van der Waals surface area (Å²) >= 11 is 2.16. The van der Waals surface area contributed by atoms with E-state index < -0.39 is 0 Å². The fourth-order valence-corrected chi connectivity index (χ4v) is 3.82. The van der Waals surface area contributed by atoms with Crippen molar-refractivity contribution in [3.63, 3.8) is 0 Å². The number of aromatic nitrogens is 3. The van der Waals surface area contributed by atoms with Crippen LogP contribution < -0.4 is 4.90 Å². The number of amides is 1. The van der Waals surface area contributed by atoms with Crippen molar-refractivity contribution in [1.29, 1.82) is 0 Å². The minimum absolute atomic E-state index is 0.0839. The van der Waals surface area contributed by atoms with Gasteiger partial charge in [-0.3, -0.25) is 4.79 Å². The number of hydrogen-bond donors (Lipinski definition) is 0. The average molecular weight is 444 g/mol. The maximum absolute atomic E-state index is 12.9. The Morgan fingerprint density at radius 3 is 2.52 bits per heavy atom. The molecule has 0 aliphatic carbocycles. The zero-order valence-corrected chi connectivity index (χ0v) is 16.1. The lowest BCUT2D eigenvalue weighted by Gasteiger charge is -2.29. The van der Waals surface area contributed by atoms with Crippen LogP contribution >= 0.6 is 22.9 Å². The standard InChI is InChI=1S/C19H17IN4O/c1-12(2)19(25)23-11-13-7-3-4-8-14(13)18-17(21-22-24(18)20)15-9-5-6-10-16(15)23/h3-10,12H,11H2,1-2H3. The summed E-state index contributed by atoms with van der Waals surface area (Å²) < 4.78 is 1.78. The normalized spacial score (nSPS) is 12.9. The summed E-state index contributed by atoms with van der Waals surface area (Å²) in [6.07, 6.45) is 0. The first-order valence-corrected chi connectivity index (χ1v) is 9.15. The monoisotopic (exact) mass is 444 g/mol. The highest BCUT2D eigenvalue weighted by Gasteiger charge is 2.29. The number of carbonyl (C=O) groups is 1. The predicted molar refractivity (Wildman–Crippen MR) is 106 cm³/mol. The molecule has 0 fully saturated rings. The maximum atomic E-state index is 12.9. The molecule has 5 nitrogen and oxygen atoms in total. The lowest BCUT2D eigenvalue weighted by atomic mass is 9.95. The van der Waals surface area contributed by atoms with Gasteiger partial charge in [-0.1, -0.05) is 61.5 Å². The molecule has 0 N–H and O–H groups in total. The van der Waals surface area contributed by atoms with Crippen LogP contribution in [0, 0.1) is 5.92 Å². The number of benzene rings is 2. The molecular weight excluding hydrogens is 427 g/mol. The van der Waals surface area contributed by atoms with Gasteiger partial charge in [-0.25, -0.2) is 0 Å². The summed E-state index contributed by atoms with van der Waals surface area (Å²) in [5.74, 6) is 0.0203. The van der Waals surface area contributed by atoms with Crippen LogP contribution in [0.5, 0.6) is 0 Å². The summed E-state index contributed by atoms with van der Waals surface area (Å²) in [5, 5.41) is 8.64. The number of halogens is 1. The molecule has 25 heavy (non-hydrogen) atoms. The van der Waals surface area contributed by atoms with Crippen molar-refractivity contribution in [3.8, 4) is 22.5 Å². The van der Waals surface area contributed by atoms with Crippen LogP contribution in [0.25, 0.3) is 22.5 Å². The quantitative estimate of drug-likeness (QED) is 0.526. The van der Waals surface area contributed by atoms with Crippen molar-refractivity contribution < 1.29 is 4.79 Å². The van der Waals surface area contributed by atoms with E-state index in [0.29, 0.717) is 6.54 Å². The Morgan fingerprint density at radius 1 is 1.08 bits per heavy atom. The second kappa shape index (κ2) is 6.25. The SMILES string of the molecule is CC(C)C(=O)N1Cc2ccccc2-c2c(nnn2I)-c2ccccc21. The Hall–Kier alpha value is -2.22. The molecule has 6 heteroatoms. The molecule has 1 aliphatic rings. The number of hydrogen-bond acceptors (Lipinski definition) is 3. The van der Waals surface area contributed by atoms with E-state index in [1.807, 2.05) is 55.1 Å². The third kappa shape index (κ3) is 2.64. The molecule has 2 aromatic carbocycles. The number of rotatable bonds is 1. The molecule has 1 amide bonds. The molecule has 0 bridgehead atoms. The summed E-state index contributed by atoms with van der Waals surface area (Å²) in [6.45, 7) is 4.40. The van der Waals surface area contributed by atoms with Gasteiger partial charge in [0.2, 0.25) is 5.91 Å². The highest BCUT2D eigenvalue weighted by Crippen LogP contribution is 2.41. The number of carbonyl (C=O) groups excluding carboxylic acids is 1. The Kier molecular flexibility index (Phi) is 4.07. The molecule has 1 aliphatic heterocycles. The van der Waals surface area contributed by atoms with Gasteiger partial charge in [0.25, 0.3) is 0 Å². The topological polar surface area (TPSA) is 51.0 Å². The molecule has 0 atom stereocenters. The van der Waals surface area contributed by atoms with E-state index >= 15 is 0 Å². The van der Waals surface area contributed by atoms with E-state index in [4.69, 9.17) is 0 Å². The highest BCUT2D eigenvalue weighted by atomic mass is 127. The largest absolute Gasteiger partial charge is 0.307 e. The minimum Gasteiger partial charge on any atom is -0.307 e. The maximum Gasteiger partial charge on any atom is 0.229 e. The number of anilines is 1. The van der Waals surface area contributed by atoms with Crippen LogP contribution in [0.3, 0.4) is 0 Å². The summed E-state index contributed by atoms with van der Waals surface area (Å²) in [4.78, 5) is 14.8. The zero-order chi connectivity index (χ0) is 17.6. The molecule has 0 spiro atoms. The van der Waals surface area contributed by atoms with Crippen molar-refractivity contribution in [1.82, 2.24) is 13.2 Å². The third-order valence-electron chi connectivity index (χ3n) is 4.44. The molecule has 4 rings (SSSR count). The van der Waals surface area contributed by atoms with Crippen molar-refractivity contribution in [2.45, 2.75) is 20.4 Å². The van der Waals surface area contributed by atoms with Gasteiger partial charge in [-0.2, -0.15) is 2.90 Å². The van der Waals surface area contributed by atoms with E-state index in [0.717, 1.165) is 33.8 Å². The first-order valence-electron chi connectivity index (χ1n) is 8.19. The Balaban J connectivity index is 2.05. The second-order valence-electron chi connectivity index (χ2n) is 6.40. The fraction of sp³-hybridized carbons (Fsp3) is 0.211. The van der Waals surface area contributed by atoms with Gasteiger partial charge in [-0.05, 0) is 11.6 Å². The molecule has 0 unspecified atom stereocenters. The van der Waals surface area contributed by atoms with Gasteiger partial charge in [0.1, 0.15) is 11.4 Å². The van der Waals surface area contributed by atoms with E-state index in [-0.39, 0.29) is 11.8 Å². The molecular formula is C19H17IN4O. The van der Waals surface area contributed by atoms with Crippen LogP contribution in [0.4, 0.5) is 5.69 Å².